The maximum Gasteiger partial charge on any atom is 0.251 e. The van der Waals surface area contributed by atoms with Gasteiger partial charge in [-0.25, -0.2) is 4.98 Å². The van der Waals surface area contributed by atoms with Crippen LogP contribution in [0.25, 0.3) is 10.9 Å². The van der Waals surface area contributed by atoms with Crippen LogP contribution in [0.2, 0.25) is 5.02 Å². The highest BCUT2D eigenvalue weighted by molar-refractivity contribution is 6.30. The number of nitrogens with one attached hydrogen (secondary N) is 2. The number of hydrogen-bond acceptors (Lipinski definition) is 3. The van der Waals surface area contributed by atoms with Gasteiger partial charge in [0.25, 0.3) is 5.56 Å². The van der Waals surface area contributed by atoms with Crippen LogP contribution in [-0.2, 0) is 24.2 Å². The molecule has 2 aromatic carbocycles. The third-order valence-electron chi connectivity index (χ3n) is 5.50. The number of carbonyl (C=O) groups is 1. The first kappa shape index (κ1) is 21.8. The summed E-state index contributed by atoms with van der Waals surface area (Å²) < 4.78 is 2.15. The fraction of sp³-hybridized carbons (Fsp3) is 0.240. The van der Waals surface area contributed by atoms with Crippen molar-refractivity contribution in [1.82, 2.24) is 19.9 Å². The van der Waals surface area contributed by atoms with Gasteiger partial charge in [0.05, 0.1) is 18.2 Å². The first-order chi connectivity index (χ1) is 15.4. The smallest absolute Gasteiger partial charge is 0.251 e. The topological polar surface area (TPSA) is 79.8 Å². The van der Waals surface area contributed by atoms with Crippen LogP contribution in [0.4, 0.5) is 0 Å². The van der Waals surface area contributed by atoms with Gasteiger partial charge in [-0.1, -0.05) is 41.9 Å². The molecule has 32 heavy (non-hydrogen) atoms. The van der Waals surface area contributed by atoms with E-state index in [1.807, 2.05) is 36.5 Å². The number of nitrogens with zero attached hydrogens (tertiary/aromatic N) is 2. The Morgan fingerprint density at radius 2 is 1.94 bits per heavy atom. The lowest BCUT2D eigenvalue weighted by Gasteiger charge is -2.19. The van der Waals surface area contributed by atoms with E-state index in [-0.39, 0.29) is 23.9 Å². The minimum Gasteiger partial charge on any atom is -0.349 e. The van der Waals surface area contributed by atoms with Crippen molar-refractivity contribution >= 4 is 28.4 Å². The quantitative estimate of drug-likeness (QED) is 0.441. The second kappa shape index (κ2) is 9.40. The molecule has 2 aromatic heterocycles. The zero-order chi connectivity index (χ0) is 22.7. The van der Waals surface area contributed by atoms with Crippen molar-refractivity contribution in [2.24, 2.45) is 0 Å². The second-order valence-corrected chi connectivity index (χ2v) is 8.27. The van der Waals surface area contributed by atoms with Crippen LogP contribution in [0.5, 0.6) is 0 Å². The molecule has 1 atom stereocenters. The van der Waals surface area contributed by atoms with Gasteiger partial charge < -0.3 is 14.9 Å². The molecule has 1 amide bonds. The number of halogens is 1. The number of aromatic nitrogens is 3. The predicted molar refractivity (Wildman–Crippen MR) is 127 cm³/mol. The van der Waals surface area contributed by atoms with Gasteiger partial charge in [0, 0.05) is 41.2 Å². The van der Waals surface area contributed by atoms with Crippen molar-refractivity contribution in [2.45, 2.75) is 39.3 Å². The van der Waals surface area contributed by atoms with Crippen molar-refractivity contribution in [3.8, 4) is 0 Å². The van der Waals surface area contributed by atoms with Crippen LogP contribution >= 0.6 is 11.6 Å². The number of amides is 1. The van der Waals surface area contributed by atoms with Gasteiger partial charge in [0.15, 0.2) is 0 Å². The fourth-order valence-corrected chi connectivity index (χ4v) is 4.17. The Bertz CT molecular complexity index is 1310. The van der Waals surface area contributed by atoms with Crippen molar-refractivity contribution in [1.29, 1.82) is 0 Å². The molecule has 0 fully saturated rings. The molecule has 6 nitrogen and oxygen atoms in total. The molecule has 4 rings (SSSR count). The third kappa shape index (κ3) is 4.92. The van der Waals surface area contributed by atoms with E-state index in [0.29, 0.717) is 23.0 Å². The van der Waals surface area contributed by atoms with Gasteiger partial charge in [0.2, 0.25) is 5.91 Å². The highest BCUT2D eigenvalue weighted by atomic mass is 35.5. The minimum absolute atomic E-state index is 0.0921. The average Bonchev–Trinajstić information content (AvgIpc) is 3.11. The number of aryl methyl sites for hydroxylation is 2. The van der Waals surface area contributed by atoms with Gasteiger partial charge >= 0.3 is 0 Å². The van der Waals surface area contributed by atoms with Gasteiger partial charge in [-0.15, -0.1) is 0 Å². The number of benzene rings is 2. The third-order valence-corrected chi connectivity index (χ3v) is 5.75. The largest absolute Gasteiger partial charge is 0.349 e. The van der Waals surface area contributed by atoms with Crippen LogP contribution in [0.3, 0.4) is 0 Å². The standard InChI is InChI=1S/C25H25ClN4O2/c1-3-30-15-18(21-6-4-5-7-23(21)30)12-24(31)29-22(17-8-10-19(26)11-9-17)13-20-14-25(32)28-16(2)27-20/h4-11,14-15,22H,3,12-13H2,1-2H3,(H,29,31)(H,27,28,32)/t22-/m0/s1. The van der Waals surface area contributed by atoms with Crippen molar-refractivity contribution in [3.05, 3.63) is 98.8 Å². The summed E-state index contributed by atoms with van der Waals surface area (Å²) in [6.45, 7) is 4.66. The molecule has 4 aromatic rings. The molecule has 0 aliphatic carbocycles. The summed E-state index contributed by atoms with van der Waals surface area (Å²) in [5.41, 5.74) is 3.42. The Morgan fingerprint density at radius 1 is 1.19 bits per heavy atom. The normalized spacial score (nSPS) is 12.1. The fourth-order valence-electron chi connectivity index (χ4n) is 4.05. The number of H-pyrrole nitrogens is 1. The monoisotopic (exact) mass is 448 g/mol. The summed E-state index contributed by atoms with van der Waals surface area (Å²) in [5.74, 6) is 0.451. The number of fused-ring (bicyclic) bond motifs is 1. The number of aromatic amines is 1. The molecule has 0 spiro atoms. The van der Waals surface area contributed by atoms with Gasteiger partial charge in [-0.05, 0) is 43.2 Å². The van der Waals surface area contributed by atoms with Gasteiger partial charge in [-0.3, -0.25) is 9.59 Å². The molecular weight excluding hydrogens is 424 g/mol. The maximum atomic E-state index is 13.1. The van der Waals surface area contributed by atoms with Crippen LogP contribution in [-0.4, -0.2) is 20.4 Å². The SMILES string of the molecule is CCn1cc(CC(=O)N[C@@H](Cc2cc(=O)[nH]c(C)n2)c2ccc(Cl)cc2)c2ccccc21. The molecule has 0 unspecified atom stereocenters. The Balaban J connectivity index is 1.60. The van der Waals surface area contributed by atoms with Crippen molar-refractivity contribution in [3.63, 3.8) is 0 Å². The number of carbonyl (C=O) groups excluding carboxylic acids is 1. The number of hydrogen-bond donors (Lipinski definition) is 2. The minimum atomic E-state index is -0.340. The predicted octanol–water partition coefficient (Wildman–Crippen LogP) is 4.35. The Morgan fingerprint density at radius 3 is 2.66 bits per heavy atom. The molecule has 0 aliphatic heterocycles. The lowest BCUT2D eigenvalue weighted by Crippen LogP contribution is -2.31. The molecule has 0 saturated carbocycles. The zero-order valence-corrected chi connectivity index (χ0v) is 18.8. The first-order valence-electron chi connectivity index (χ1n) is 10.6. The highest BCUT2D eigenvalue weighted by Gasteiger charge is 2.19. The van der Waals surface area contributed by atoms with E-state index >= 15 is 0 Å². The molecule has 0 saturated heterocycles. The molecular formula is C25H25ClN4O2. The van der Waals surface area contributed by atoms with Gasteiger partial charge in [0.1, 0.15) is 5.82 Å². The van der Waals surface area contributed by atoms with E-state index in [4.69, 9.17) is 11.6 Å². The van der Waals surface area contributed by atoms with Crippen LogP contribution in [0.1, 0.15) is 35.6 Å². The molecule has 164 valence electrons. The molecule has 0 aliphatic rings. The van der Waals surface area contributed by atoms with E-state index in [9.17, 15) is 9.59 Å². The van der Waals surface area contributed by atoms with Crippen molar-refractivity contribution < 1.29 is 4.79 Å². The summed E-state index contributed by atoms with van der Waals surface area (Å²) >= 11 is 6.06. The number of rotatable bonds is 7. The Hall–Kier alpha value is -3.38. The van der Waals surface area contributed by atoms with Crippen LogP contribution in [0.15, 0.2) is 65.6 Å². The van der Waals surface area contributed by atoms with E-state index in [2.05, 4.69) is 32.8 Å². The van der Waals surface area contributed by atoms with E-state index in [0.717, 1.165) is 28.6 Å². The second-order valence-electron chi connectivity index (χ2n) is 7.83. The maximum absolute atomic E-state index is 13.1. The Kier molecular flexibility index (Phi) is 6.42. The highest BCUT2D eigenvalue weighted by Crippen LogP contribution is 2.23. The van der Waals surface area contributed by atoms with Crippen LogP contribution < -0.4 is 10.9 Å². The number of para-hydroxylation sites is 1. The molecule has 7 heteroatoms. The average molecular weight is 449 g/mol. The zero-order valence-electron chi connectivity index (χ0n) is 18.1. The van der Waals surface area contributed by atoms with Gasteiger partial charge in [-0.2, -0.15) is 0 Å². The summed E-state index contributed by atoms with van der Waals surface area (Å²) in [7, 11) is 0. The van der Waals surface area contributed by atoms with E-state index in [1.165, 1.54) is 6.07 Å². The first-order valence-corrected chi connectivity index (χ1v) is 11.0. The molecule has 0 radical (unpaired) electrons. The summed E-state index contributed by atoms with van der Waals surface area (Å²) in [5, 5.41) is 4.84. The molecule has 0 bridgehead atoms. The van der Waals surface area contributed by atoms with Crippen LogP contribution in [0, 0.1) is 6.92 Å². The lowest BCUT2D eigenvalue weighted by atomic mass is 10.0. The van der Waals surface area contributed by atoms with E-state index in [1.54, 1.807) is 19.1 Å². The molecule has 2 N–H and O–H groups in total. The summed E-state index contributed by atoms with van der Waals surface area (Å²) in [4.78, 5) is 32.1. The Labute approximate surface area is 191 Å². The van der Waals surface area contributed by atoms with Crippen molar-refractivity contribution in [2.75, 3.05) is 0 Å². The molecule has 2 heterocycles. The lowest BCUT2D eigenvalue weighted by molar-refractivity contribution is -0.121. The summed E-state index contributed by atoms with van der Waals surface area (Å²) in [6.07, 6.45) is 2.71. The van der Waals surface area contributed by atoms with E-state index < -0.39 is 0 Å². The summed E-state index contributed by atoms with van der Waals surface area (Å²) in [6, 6.07) is 16.6.